The molecule has 0 radical (unpaired) electrons. The Kier molecular flexibility index (Phi) is 3.99. The van der Waals surface area contributed by atoms with Gasteiger partial charge in [0.1, 0.15) is 0 Å². The molecule has 0 unspecified atom stereocenters. The van der Waals surface area contributed by atoms with Crippen molar-refractivity contribution < 1.29 is 0 Å². The van der Waals surface area contributed by atoms with Crippen molar-refractivity contribution in [1.29, 1.82) is 0 Å². The fourth-order valence-electron chi connectivity index (χ4n) is 2.15. The maximum absolute atomic E-state index is 4.15. The summed E-state index contributed by atoms with van der Waals surface area (Å²) >= 11 is 3.42. The van der Waals surface area contributed by atoms with Gasteiger partial charge >= 0.3 is 0 Å². The summed E-state index contributed by atoms with van der Waals surface area (Å²) in [7, 11) is 0. The second kappa shape index (κ2) is 5.48. The van der Waals surface area contributed by atoms with Gasteiger partial charge in [-0.25, -0.2) is 0 Å². The van der Waals surface area contributed by atoms with Crippen molar-refractivity contribution in [3.05, 3.63) is 35.1 Å². The Morgan fingerprint density at radius 3 is 2.75 bits per heavy atom. The molecule has 0 aliphatic heterocycles. The van der Waals surface area contributed by atoms with Crippen LogP contribution in [0.3, 0.4) is 0 Å². The van der Waals surface area contributed by atoms with Gasteiger partial charge in [0.2, 0.25) is 0 Å². The lowest BCUT2D eigenvalue weighted by atomic mass is 9.95. The molecule has 1 aliphatic rings. The lowest BCUT2D eigenvalue weighted by Crippen LogP contribution is -2.29. The Balaban J connectivity index is 1.97. The summed E-state index contributed by atoms with van der Waals surface area (Å²) in [5.74, 6) is 0. The number of nitrogens with zero attached hydrogens (tertiary/aromatic N) is 1. The minimum atomic E-state index is 0.597. The highest BCUT2D eigenvalue weighted by Crippen LogP contribution is 2.21. The van der Waals surface area contributed by atoms with Gasteiger partial charge in [0, 0.05) is 34.2 Å². The maximum Gasteiger partial charge on any atom is 0.0410 e. The first-order valence-corrected chi connectivity index (χ1v) is 6.61. The molecule has 0 spiro atoms. The van der Waals surface area contributed by atoms with Crippen LogP contribution in [-0.2, 0) is 0 Å². The monoisotopic (exact) mass is 280 g/mol. The first-order valence-electron chi connectivity index (χ1n) is 5.82. The number of halogens is 1. The Bertz CT molecular complexity index is 370. The molecule has 1 aromatic rings. The van der Waals surface area contributed by atoms with Gasteiger partial charge in [-0.1, -0.05) is 25.8 Å². The van der Waals surface area contributed by atoms with Gasteiger partial charge in [0.25, 0.3) is 0 Å². The van der Waals surface area contributed by atoms with Gasteiger partial charge < -0.3 is 5.32 Å². The van der Waals surface area contributed by atoms with Crippen LogP contribution in [0.5, 0.6) is 0 Å². The second-order valence-electron chi connectivity index (χ2n) is 4.35. The molecule has 0 amide bonds. The molecule has 0 bridgehead atoms. The van der Waals surface area contributed by atoms with Crippen molar-refractivity contribution in [2.75, 3.05) is 0 Å². The van der Waals surface area contributed by atoms with Crippen LogP contribution >= 0.6 is 15.9 Å². The number of rotatable bonds is 3. The lowest BCUT2D eigenvalue weighted by Gasteiger charge is -2.24. The molecule has 2 nitrogen and oxygen atoms in total. The molecular weight excluding hydrogens is 264 g/mol. The van der Waals surface area contributed by atoms with Crippen LogP contribution in [0.15, 0.2) is 29.5 Å². The highest BCUT2D eigenvalue weighted by Gasteiger charge is 2.13. The quantitative estimate of drug-likeness (QED) is 0.913. The van der Waals surface area contributed by atoms with Gasteiger partial charge in [0.05, 0.1) is 0 Å². The molecule has 1 heterocycles. The molecule has 16 heavy (non-hydrogen) atoms. The molecule has 0 aromatic carbocycles. The number of hydrogen-bond acceptors (Lipinski definition) is 2. The zero-order valence-electron chi connectivity index (χ0n) is 9.38. The zero-order chi connectivity index (χ0) is 11.4. The number of aromatic nitrogens is 1. The van der Waals surface area contributed by atoms with Crippen LogP contribution in [0.1, 0.15) is 37.7 Å². The van der Waals surface area contributed by atoms with E-state index in [-0.39, 0.29) is 0 Å². The molecular formula is C13H17BrN2. The van der Waals surface area contributed by atoms with E-state index in [9.17, 15) is 0 Å². The summed E-state index contributed by atoms with van der Waals surface area (Å²) in [4.78, 5) is 4.15. The highest BCUT2D eigenvalue weighted by atomic mass is 79.9. The number of nitrogens with one attached hydrogen (secondary N) is 1. The Hall–Kier alpha value is -0.830. The maximum atomic E-state index is 4.15. The first kappa shape index (κ1) is 11.6. The minimum Gasteiger partial charge on any atom is -0.382 e. The molecule has 1 aromatic heterocycles. The number of hydrogen-bond donors (Lipinski definition) is 1. The first-order chi connectivity index (χ1) is 7.75. The molecule has 1 saturated carbocycles. The third kappa shape index (κ3) is 3.08. The van der Waals surface area contributed by atoms with E-state index in [1.54, 1.807) is 6.20 Å². The third-order valence-corrected chi connectivity index (χ3v) is 3.47. The van der Waals surface area contributed by atoms with E-state index in [0.717, 1.165) is 15.7 Å². The molecule has 0 atom stereocenters. The van der Waals surface area contributed by atoms with E-state index in [0.29, 0.717) is 6.04 Å². The van der Waals surface area contributed by atoms with Crippen LogP contribution in [0, 0.1) is 0 Å². The summed E-state index contributed by atoms with van der Waals surface area (Å²) in [6.45, 7) is 4.09. The van der Waals surface area contributed by atoms with Crippen molar-refractivity contribution in [3.63, 3.8) is 0 Å². The normalized spacial score (nSPS) is 17.1. The van der Waals surface area contributed by atoms with Crippen LogP contribution in [0.2, 0.25) is 0 Å². The number of pyridine rings is 1. The summed E-state index contributed by atoms with van der Waals surface area (Å²) in [5.41, 5.74) is 2.06. The average molecular weight is 281 g/mol. The van der Waals surface area contributed by atoms with Gasteiger partial charge in [-0.3, -0.25) is 4.98 Å². The smallest absolute Gasteiger partial charge is 0.0410 e. The van der Waals surface area contributed by atoms with Gasteiger partial charge in [-0.2, -0.15) is 0 Å². The Morgan fingerprint density at radius 2 is 2.06 bits per heavy atom. The van der Waals surface area contributed by atoms with Gasteiger partial charge in [0.15, 0.2) is 0 Å². The van der Waals surface area contributed by atoms with Crippen LogP contribution in [-0.4, -0.2) is 11.0 Å². The SMILES string of the molecule is C=C(NC1CCCCC1)c1cncc(Br)c1. The van der Waals surface area contributed by atoms with E-state index < -0.39 is 0 Å². The van der Waals surface area contributed by atoms with E-state index in [1.165, 1.54) is 32.1 Å². The van der Waals surface area contributed by atoms with E-state index in [2.05, 4.69) is 32.8 Å². The predicted octanol–water partition coefficient (Wildman–Crippen LogP) is 3.74. The molecule has 0 saturated heterocycles. The summed E-state index contributed by atoms with van der Waals surface area (Å²) < 4.78 is 0.997. The van der Waals surface area contributed by atoms with Crippen molar-refractivity contribution in [2.24, 2.45) is 0 Å². The molecule has 1 aliphatic carbocycles. The molecule has 2 rings (SSSR count). The Morgan fingerprint density at radius 1 is 1.31 bits per heavy atom. The zero-order valence-corrected chi connectivity index (χ0v) is 11.0. The van der Waals surface area contributed by atoms with Crippen LogP contribution in [0.4, 0.5) is 0 Å². The largest absolute Gasteiger partial charge is 0.382 e. The fraction of sp³-hybridized carbons (Fsp3) is 0.462. The van der Waals surface area contributed by atoms with E-state index in [1.807, 2.05) is 12.3 Å². The van der Waals surface area contributed by atoms with Crippen molar-refractivity contribution in [3.8, 4) is 0 Å². The van der Waals surface area contributed by atoms with Crippen LogP contribution in [0.25, 0.3) is 5.70 Å². The molecule has 86 valence electrons. The van der Waals surface area contributed by atoms with E-state index >= 15 is 0 Å². The highest BCUT2D eigenvalue weighted by molar-refractivity contribution is 9.10. The standard InChI is InChI=1S/C13H17BrN2/c1-10(11-7-12(14)9-15-8-11)16-13-5-3-2-4-6-13/h7-9,13,16H,1-6H2. The van der Waals surface area contributed by atoms with Gasteiger partial charge in [-0.05, 0) is 34.8 Å². The molecule has 3 heteroatoms. The lowest BCUT2D eigenvalue weighted by molar-refractivity contribution is 0.409. The van der Waals surface area contributed by atoms with E-state index in [4.69, 9.17) is 0 Å². The van der Waals surface area contributed by atoms with Crippen molar-refractivity contribution >= 4 is 21.6 Å². The van der Waals surface area contributed by atoms with Crippen molar-refractivity contribution in [1.82, 2.24) is 10.3 Å². The molecule has 1 N–H and O–H groups in total. The average Bonchev–Trinajstić information content (AvgIpc) is 2.30. The summed E-state index contributed by atoms with van der Waals surface area (Å²) in [6, 6.07) is 2.64. The van der Waals surface area contributed by atoms with Crippen molar-refractivity contribution in [2.45, 2.75) is 38.1 Å². The topological polar surface area (TPSA) is 24.9 Å². The Labute approximate surface area is 105 Å². The summed E-state index contributed by atoms with van der Waals surface area (Å²) in [6.07, 6.45) is 10.2. The van der Waals surface area contributed by atoms with Gasteiger partial charge in [-0.15, -0.1) is 0 Å². The summed E-state index contributed by atoms with van der Waals surface area (Å²) in [5, 5.41) is 3.51. The fourth-order valence-corrected chi connectivity index (χ4v) is 2.52. The van der Waals surface area contributed by atoms with Crippen LogP contribution < -0.4 is 5.32 Å². The third-order valence-electron chi connectivity index (χ3n) is 3.04. The minimum absolute atomic E-state index is 0.597. The second-order valence-corrected chi connectivity index (χ2v) is 5.27. The predicted molar refractivity (Wildman–Crippen MR) is 71.0 cm³/mol. The molecule has 1 fully saturated rings.